The molecule has 0 aromatic heterocycles. The minimum Gasteiger partial charge on any atom is -0.370 e. The standard InChI is InChI=1S/C22H26O4/c1-15-3-7-17(8-4-15)11-23-19-13-25-22-20(14-26-21(19)22)24-12-18-9-5-16(2)6-10-18/h3-10,19-22H,11-14H2,1-2H3/t19-,20-,21+,22+/m0/s1. The van der Waals surface area contributed by atoms with Gasteiger partial charge in [0.15, 0.2) is 0 Å². The van der Waals surface area contributed by atoms with Gasteiger partial charge < -0.3 is 18.9 Å². The highest BCUT2D eigenvalue weighted by atomic mass is 16.6. The third kappa shape index (κ3) is 3.99. The zero-order valence-corrected chi connectivity index (χ0v) is 15.4. The first kappa shape index (κ1) is 17.7. The van der Waals surface area contributed by atoms with E-state index in [9.17, 15) is 0 Å². The van der Waals surface area contributed by atoms with Crippen molar-refractivity contribution < 1.29 is 18.9 Å². The predicted octanol–water partition coefficient (Wildman–Crippen LogP) is 3.57. The number of fused-ring (bicyclic) bond motifs is 1. The van der Waals surface area contributed by atoms with Gasteiger partial charge in [-0.25, -0.2) is 0 Å². The molecule has 0 amide bonds. The molecule has 0 aliphatic carbocycles. The van der Waals surface area contributed by atoms with Gasteiger partial charge in [0.2, 0.25) is 0 Å². The third-order valence-corrected chi connectivity index (χ3v) is 5.13. The molecule has 4 nitrogen and oxygen atoms in total. The zero-order chi connectivity index (χ0) is 17.9. The van der Waals surface area contributed by atoms with Gasteiger partial charge in [0.25, 0.3) is 0 Å². The van der Waals surface area contributed by atoms with Crippen molar-refractivity contribution in [2.75, 3.05) is 13.2 Å². The molecule has 2 fully saturated rings. The van der Waals surface area contributed by atoms with E-state index in [-0.39, 0.29) is 24.4 Å². The zero-order valence-electron chi connectivity index (χ0n) is 15.4. The summed E-state index contributed by atoms with van der Waals surface area (Å²) >= 11 is 0. The van der Waals surface area contributed by atoms with E-state index in [2.05, 4.69) is 62.4 Å². The summed E-state index contributed by atoms with van der Waals surface area (Å²) in [6, 6.07) is 16.8. The molecule has 4 rings (SSSR count). The molecule has 2 aliphatic heterocycles. The smallest absolute Gasteiger partial charge is 0.115 e. The van der Waals surface area contributed by atoms with Gasteiger partial charge in [-0.1, -0.05) is 59.7 Å². The number of rotatable bonds is 6. The highest BCUT2D eigenvalue weighted by Gasteiger charge is 2.48. The predicted molar refractivity (Wildman–Crippen MR) is 99.0 cm³/mol. The van der Waals surface area contributed by atoms with Crippen molar-refractivity contribution in [1.82, 2.24) is 0 Å². The molecular weight excluding hydrogens is 328 g/mol. The normalized spacial score (nSPS) is 27.6. The van der Waals surface area contributed by atoms with Crippen LogP contribution >= 0.6 is 0 Å². The number of hydrogen-bond acceptors (Lipinski definition) is 4. The second-order valence-electron chi connectivity index (χ2n) is 7.27. The van der Waals surface area contributed by atoms with Crippen molar-refractivity contribution in [1.29, 1.82) is 0 Å². The second-order valence-corrected chi connectivity index (χ2v) is 7.27. The van der Waals surface area contributed by atoms with Crippen LogP contribution < -0.4 is 0 Å². The van der Waals surface area contributed by atoms with Gasteiger partial charge in [-0.05, 0) is 25.0 Å². The molecule has 0 N–H and O–H groups in total. The number of ether oxygens (including phenoxy) is 4. The van der Waals surface area contributed by atoms with Crippen molar-refractivity contribution in [2.24, 2.45) is 0 Å². The van der Waals surface area contributed by atoms with Crippen molar-refractivity contribution in [3.63, 3.8) is 0 Å². The lowest BCUT2D eigenvalue weighted by Crippen LogP contribution is -2.34. The molecule has 4 heteroatoms. The third-order valence-electron chi connectivity index (χ3n) is 5.13. The monoisotopic (exact) mass is 354 g/mol. The fourth-order valence-corrected chi connectivity index (χ4v) is 3.49. The van der Waals surface area contributed by atoms with Gasteiger partial charge in [0, 0.05) is 0 Å². The first-order chi connectivity index (χ1) is 12.7. The van der Waals surface area contributed by atoms with Crippen molar-refractivity contribution >= 4 is 0 Å². The maximum atomic E-state index is 6.06. The molecule has 0 unspecified atom stereocenters. The van der Waals surface area contributed by atoms with Gasteiger partial charge in [-0.3, -0.25) is 0 Å². The van der Waals surface area contributed by atoms with E-state index in [0.717, 1.165) is 0 Å². The Morgan fingerprint density at radius 2 is 1.08 bits per heavy atom. The quantitative estimate of drug-likeness (QED) is 0.795. The molecule has 2 aromatic carbocycles. The van der Waals surface area contributed by atoms with E-state index in [1.165, 1.54) is 22.3 Å². The van der Waals surface area contributed by atoms with Gasteiger partial charge in [0.05, 0.1) is 26.4 Å². The largest absolute Gasteiger partial charge is 0.370 e. The van der Waals surface area contributed by atoms with E-state index >= 15 is 0 Å². The molecule has 2 aromatic rings. The summed E-state index contributed by atoms with van der Waals surface area (Å²) in [5, 5.41) is 0. The number of hydrogen-bond donors (Lipinski definition) is 0. The van der Waals surface area contributed by atoms with Crippen LogP contribution in [-0.2, 0) is 32.2 Å². The van der Waals surface area contributed by atoms with Crippen LogP contribution in [0.4, 0.5) is 0 Å². The highest BCUT2D eigenvalue weighted by Crippen LogP contribution is 2.31. The van der Waals surface area contributed by atoms with Crippen LogP contribution in [0.2, 0.25) is 0 Å². The van der Waals surface area contributed by atoms with E-state index in [1.54, 1.807) is 0 Å². The summed E-state index contributed by atoms with van der Waals surface area (Å²) in [5.41, 5.74) is 4.85. The second kappa shape index (κ2) is 7.89. The Bertz CT molecular complexity index is 646. The number of benzene rings is 2. The van der Waals surface area contributed by atoms with Crippen LogP contribution in [0.25, 0.3) is 0 Å². The summed E-state index contributed by atoms with van der Waals surface area (Å²) < 4.78 is 24.0. The summed E-state index contributed by atoms with van der Waals surface area (Å²) in [4.78, 5) is 0. The van der Waals surface area contributed by atoms with Crippen molar-refractivity contribution in [2.45, 2.75) is 51.5 Å². The Kier molecular flexibility index (Phi) is 5.36. The molecule has 0 bridgehead atoms. The van der Waals surface area contributed by atoms with Crippen LogP contribution in [0.5, 0.6) is 0 Å². The molecule has 2 heterocycles. The lowest BCUT2D eigenvalue weighted by atomic mass is 10.1. The van der Waals surface area contributed by atoms with E-state index in [0.29, 0.717) is 26.4 Å². The van der Waals surface area contributed by atoms with E-state index in [4.69, 9.17) is 18.9 Å². The minimum atomic E-state index is -0.0385. The first-order valence-electron chi connectivity index (χ1n) is 9.26. The maximum absolute atomic E-state index is 6.06. The molecule has 4 atom stereocenters. The summed E-state index contributed by atoms with van der Waals surface area (Å²) in [5.74, 6) is 0. The van der Waals surface area contributed by atoms with Crippen LogP contribution in [0.1, 0.15) is 22.3 Å². The van der Waals surface area contributed by atoms with Crippen molar-refractivity contribution in [3.05, 3.63) is 70.8 Å². The fraction of sp³-hybridized carbons (Fsp3) is 0.455. The van der Waals surface area contributed by atoms with Crippen LogP contribution in [0, 0.1) is 13.8 Å². The Morgan fingerprint density at radius 1 is 0.692 bits per heavy atom. The summed E-state index contributed by atoms with van der Waals surface area (Å²) in [6.45, 7) is 6.45. The molecule has 2 saturated heterocycles. The minimum absolute atomic E-state index is 0.0331. The molecule has 0 radical (unpaired) electrons. The SMILES string of the molecule is Cc1ccc(CO[C@H]2CO[C@H]3[C@@H]2OC[C@@H]3OCc2ccc(C)cc2)cc1. The Balaban J connectivity index is 1.28. The Labute approximate surface area is 155 Å². The molecule has 0 spiro atoms. The summed E-state index contributed by atoms with van der Waals surface area (Å²) in [6.07, 6.45) is -0.143. The molecule has 138 valence electrons. The average molecular weight is 354 g/mol. The fourth-order valence-electron chi connectivity index (χ4n) is 3.49. The van der Waals surface area contributed by atoms with Gasteiger partial charge >= 0.3 is 0 Å². The van der Waals surface area contributed by atoms with Crippen LogP contribution in [0.3, 0.4) is 0 Å². The first-order valence-corrected chi connectivity index (χ1v) is 9.26. The Morgan fingerprint density at radius 3 is 1.46 bits per heavy atom. The Hall–Kier alpha value is -1.72. The van der Waals surface area contributed by atoms with Crippen LogP contribution in [-0.4, -0.2) is 37.6 Å². The van der Waals surface area contributed by atoms with Gasteiger partial charge in [-0.2, -0.15) is 0 Å². The maximum Gasteiger partial charge on any atom is 0.115 e. The molecule has 0 saturated carbocycles. The van der Waals surface area contributed by atoms with Crippen molar-refractivity contribution in [3.8, 4) is 0 Å². The van der Waals surface area contributed by atoms with E-state index in [1.807, 2.05) is 0 Å². The highest BCUT2D eigenvalue weighted by molar-refractivity contribution is 5.21. The lowest BCUT2D eigenvalue weighted by molar-refractivity contribution is -0.0580. The topological polar surface area (TPSA) is 36.9 Å². The number of aryl methyl sites for hydroxylation is 2. The van der Waals surface area contributed by atoms with Crippen LogP contribution in [0.15, 0.2) is 48.5 Å². The van der Waals surface area contributed by atoms with Gasteiger partial charge in [0.1, 0.15) is 24.4 Å². The molecular formula is C22H26O4. The summed E-state index contributed by atoms with van der Waals surface area (Å²) in [7, 11) is 0. The molecule has 2 aliphatic rings. The molecule has 26 heavy (non-hydrogen) atoms. The lowest BCUT2D eigenvalue weighted by Gasteiger charge is -2.17. The average Bonchev–Trinajstić information content (AvgIpc) is 3.23. The van der Waals surface area contributed by atoms with Gasteiger partial charge in [-0.15, -0.1) is 0 Å². The van der Waals surface area contributed by atoms with E-state index < -0.39 is 0 Å².